The first-order valence-electron chi connectivity index (χ1n) is 10.7. The molecule has 4 heterocycles. The number of thioether (sulfide) groups is 1. The molecule has 1 amide bonds. The van der Waals surface area contributed by atoms with Crippen molar-refractivity contribution in [2.75, 3.05) is 37.6 Å². The fourth-order valence-corrected chi connectivity index (χ4v) is 5.43. The van der Waals surface area contributed by atoms with E-state index in [1.54, 1.807) is 38.4 Å². The topological polar surface area (TPSA) is 85.7 Å². The molecule has 10 heteroatoms. The number of nitrogens with zero attached hydrogens (tertiary/aromatic N) is 5. The molecular weight excluding hydrogens is 458 g/mol. The van der Waals surface area contributed by atoms with E-state index >= 15 is 0 Å². The zero-order chi connectivity index (χ0) is 23.7. The summed E-state index contributed by atoms with van der Waals surface area (Å²) in [6.45, 7) is 8.41. The zero-order valence-electron chi connectivity index (χ0n) is 18.8. The van der Waals surface area contributed by atoms with Crippen molar-refractivity contribution in [3.05, 3.63) is 56.1 Å². The number of hydrogen-bond acceptors (Lipinski definition) is 8. The smallest absolute Gasteiger partial charge is 0.270 e. The van der Waals surface area contributed by atoms with Crippen LogP contribution in [-0.4, -0.2) is 57.3 Å². The normalized spacial score (nSPS) is 18.4. The van der Waals surface area contributed by atoms with Gasteiger partial charge in [-0.3, -0.25) is 19.1 Å². The number of carbonyl (C=O) groups is 1. The summed E-state index contributed by atoms with van der Waals surface area (Å²) >= 11 is 6.68. The SMILES string of the molecule is CCN1CCN(c2c(/C=C3/SC(=S)N(Cc4ccco4)C3=O)c(C)c(C#N)c(=O)n2C)CC1. The van der Waals surface area contributed by atoms with Crippen LogP contribution in [0.5, 0.6) is 0 Å². The van der Waals surface area contributed by atoms with Gasteiger partial charge in [-0.2, -0.15) is 5.26 Å². The number of furan rings is 1. The van der Waals surface area contributed by atoms with E-state index in [0.717, 1.165) is 38.5 Å². The maximum absolute atomic E-state index is 13.2. The molecule has 2 fully saturated rings. The van der Waals surface area contributed by atoms with Crippen molar-refractivity contribution in [2.45, 2.75) is 20.4 Å². The van der Waals surface area contributed by atoms with E-state index in [4.69, 9.17) is 16.6 Å². The Morgan fingerprint density at radius 2 is 2.00 bits per heavy atom. The summed E-state index contributed by atoms with van der Waals surface area (Å²) in [6.07, 6.45) is 3.34. The molecule has 0 saturated carbocycles. The van der Waals surface area contributed by atoms with Crippen molar-refractivity contribution < 1.29 is 9.21 Å². The molecule has 2 aromatic rings. The molecule has 2 saturated heterocycles. The molecule has 0 atom stereocenters. The molecule has 172 valence electrons. The third-order valence-corrected chi connectivity index (χ3v) is 7.51. The van der Waals surface area contributed by atoms with Crippen LogP contribution >= 0.6 is 24.0 Å². The summed E-state index contributed by atoms with van der Waals surface area (Å²) in [5.74, 6) is 1.16. The minimum absolute atomic E-state index is 0.0887. The first-order chi connectivity index (χ1) is 15.8. The number of piperazine rings is 1. The van der Waals surface area contributed by atoms with Crippen LogP contribution in [0.1, 0.15) is 29.4 Å². The highest BCUT2D eigenvalue weighted by atomic mass is 32.2. The summed E-state index contributed by atoms with van der Waals surface area (Å²) in [4.78, 5) is 32.6. The second-order valence-corrected chi connectivity index (χ2v) is 9.66. The standard InChI is InChI=1S/C23H25N5O3S2/c1-4-26-7-9-27(10-8-26)20-17(15(2)18(13-24)21(29)25(20)3)12-19-22(30)28(23(32)33-19)14-16-6-5-11-31-16/h5-6,11-12H,4,7-10,14H2,1-3H3/b19-12+. The van der Waals surface area contributed by atoms with Gasteiger partial charge in [0.25, 0.3) is 11.5 Å². The molecular formula is C23H25N5O3S2. The van der Waals surface area contributed by atoms with Crippen LogP contribution in [0.3, 0.4) is 0 Å². The third-order valence-electron chi connectivity index (χ3n) is 6.13. The molecule has 33 heavy (non-hydrogen) atoms. The second kappa shape index (κ2) is 9.55. The van der Waals surface area contributed by atoms with E-state index < -0.39 is 0 Å². The number of likely N-dealkylation sites (N-methyl/N-ethyl adjacent to an activating group) is 1. The van der Waals surface area contributed by atoms with Gasteiger partial charge in [-0.15, -0.1) is 0 Å². The van der Waals surface area contributed by atoms with Gasteiger partial charge < -0.3 is 14.2 Å². The Bertz CT molecular complexity index is 1220. The van der Waals surface area contributed by atoms with E-state index in [9.17, 15) is 14.9 Å². The number of anilines is 1. The fraction of sp³-hybridized carbons (Fsp3) is 0.391. The van der Waals surface area contributed by atoms with Gasteiger partial charge in [-0.1, -0.05) is 30.9 Å². The van der Waals surface area contributed by atoms with E-state index in [2.05, 4.69) is 16.7 Å². The number of hydrogen-bond donors (Lipinski definition) is 0. The molecule has 8 nitrogen and oxygen atoms in total. The van der Waals surface area contributed by atoms with Crippen molar-refractivity contribution >= 4 is 46.1 Å². The van der Waals surface area contributed by atoms with Gasteiger partial charge in [-0.25, -0.2) is 0 Å². The lowest BCUT2D eigenvalue weighted by Gasteiger charge is -2.37. The highest BCUT2D eigenvalue weighted by molar-refractivity contribution is 8.26. The predicted molar refractivity (Wildman–Crippen MR) is 133 cm³/mol. The van der Waals surface area contributed by atoms with Crippen LogP contribution in [0.15, 0.2) is 32.5 Å². The van der Waals surface area contributed by atoms with E-state index in [-0.39, 0.29) is 23.6 Å². The van der Waals surface area contributed by atoms with E-state index in [0.29, 0.717) is 26.1 Å². The quantitative estimate of drug-likeness (QED) is 0.474. The van der Waals surface area contributed by atoms with Gasteiger partial charge in [-0.05, 0) is 37.2 Å². The Hall–Kier alpha value is -2.87. The van der Waals surface area contributed by atoms with Crippen LogP contribution in [-0.2, 0) is 18.4 Å². The Kier molecular flexibility index (Phi) is 6.74. The van der Waals surface area contributed by atoms with Crippen LogP contribution < -0.4 is 10.5 Å². The highest BCUT2D eigenvalue weighted by Crippen LogP contribution is 2.36. The van der Waals surface area contributed by atoms with Crippen LogP contribution in [0, 0.1) is 18.3 Å². The molecule has 2 aromatic heterocycles. The summed E-state index contributed by atoms with van der Waals surface area (Å²) < 4.78 is 7.35. The van der Waals surface area contributed by atoms with E-state index in [1.807, 2.05) is 6.07 Å². The lowest BCUT2D eigenvalue weighted by Crippen LogP contribution is -2.48. The summed E-state index contributed by atoms with van der Waals surface area (Å²) in [6, 6.07) is 5.61. The lowest BCUT2D eigenvalue weighted by molar-refractivity contribution is -0.122. The lowest BCUT2D eigenvalue weighted by atomic mass is 10.0. The first-order valence-corrected chi connectivity index (χ1v) is 12.0. The van der Waals surface area contributed by atoms with Crippen LogP contribution in [0.2, 0.25) is 0 Å². The van der Waals surface area contributed by atoms with Crippen molar-refractivity contribution in [1.82, 2.24) is 14.4 Å². The molecule has 0 unspecified atom stereocenters. The molecule has 2 aliphatic heterocycles. The molecule has 4 rings (SSSR count). The number of rotatable bonds is 5. The van der Waals surface area contributed by atoms with Gasteiger partial charge in [0, 0.05) is 38.8 Å². The number of pyridine rings is 1. The Morgan fingerprint density at radius 1 is 1.27 bits per heavy atom. The van der Waals surface area contributed by atoms with Gasteiger partial charge in [0.05, 0.1) is 17.7 Å². The summed E-state index contributed by atoms with van der Waals surface area (Å²) in [7, 11) is 1.68. The molecule has 0 bridgehead atoms. The Balaban J connectivity index is 1.77. The predicted octanol–water partition coefficient (Wildman–Crippen LogP) is 2.70. The number of carbonyl (C=O) groups excluding carboxylic acids is 1. The molecule has 0 radical (unpaired) electrons. The molecule has 0 spiro atoms. The van der Waals surface area contributed by atoms with E-state index in [1.165, 1.54) is 21.2 Å². The van der Waals surface area contributed by atoms with Crippen LogP contribution in [0.4, 0.5) is 5.82 Å². The fourth-order valence-electron chi connectivity index (χ4n) is 4.20. The average molecular weight is 484 g/mol. The van der Waals surface area contributed by atoms with Gasteiger partial charge in [0.15, 0.2) is 0 Å². The number of amides is 1. The second-order valence-electron chi connectivity index (χ2n) is 7.98. The summed E-state index contributed by atoms with van der Waals surface area (Å²) in [5, 5.41) is 9.64. The largest absolute Gasteiger partial charge is 0.467 e. The molecule has 0 aromatic carbocycles. The Labute approximate surface area is 202 Å². The number of aromatic nitrogens is 1. The molecule has 0 aliphatic carbocycles. The highest BCUT2D eigenvalue weighted by Gasteiger charge is 2.34. The van der Waals surface area contributed by atoms with Crippen molar-refractivity contribution in [2.24, 2.45) is 7.05 Å². The minimum Gasteiger partial charge on any atom is -0.467 e. The van der Waals surface area contributed by atoms with Gasteiger partial charge in [0.2, 0.25) is 0 Å². The maximum atomic E-state index is 13.2. The Morgan fingerprint density at radius 3 is 2.61 bits per heavy atom. The number of thiocarbonyl (C=S) groups is 1. The summed E-state index contributed by atoms with van der Waals surface area (Å²) in [5.41, 5.74) is 1.04. The minimum atomic E-state index is -0.328. The monoisotopic (exact) mass is 483 g/mol. The first kappa shape index (κ1) is 23.3. The average Bonchev–Trinajstić information content (AvgIpc) is 3.42. The maximum Gasteiger partial charge on any atom is 0.270 e. The van der Waals surface area contributed by atoms with Crippen molar-refractivity contribution in [3.8, 4) is 6.07 Å². The third kappa shape index (κ3) is 4.36. The molecule has 2 aliphatic rings. The van der Waals surface area contributed by atoms with Crippen LogP contribution in [0.25, 0.3) is 6.08 Å². The van der Waals surface area contributed by atoms with Gasteiger partial charge >= 0.3 is 0 Å². The van der Waals surface area contributed by atoms with Crippen molar-refractivity contribution in [1.29, 1.82) is 5.26 Å². The number of nitriles is 1. The molecule has 0 N–H and O–H groups in total. The van der Waals surface area contributed by atoms with Gasteiger partial charge in [0.1, 0.15) is 27.5 Å². The van der Waals surface area contributed by atoms with Crippen molar-refractivity contribution in [3.63, 3.8) is 0 Å². The zero-order valence-corrected chi connectivity index (χ0v) is 20.5.